The van der Waals surface area contributed by atoms with Gasteiger partial charge in [-0.25, -0.2) is 0 Å². The van der Waals surface area contributed by atoms with E-state index in [9.17, 15) is 0 Å². The van der Waals surface area contributed by atoms with Crippen molar-refractivity contribution in [3.05, 3.63) is 0 Å². The SMILES string of the molecule is COCCOCCOCCNCCCOCC1CC1. The molecule has 1 aliphatic rings. The summed E-state index contributed by atoms with van der Waals surface area (Å²) in [6.07, 6.45) is 3.81. The highest BCUT2D eigenvalue weighted by Crippen LogP contribution is 2.28. The molecular weight excluding hydrogens is 246 g/mol. The fourth-order valence-electron chi connectivity index (χ4n) is 1.57. The van der Waals surface area contributed by atoms with Crippen LogP contribution in [0.25, 0.3) is 0 Å². The van der Waals surface area contributed by atoms with Gasteiger partial charge in [0.2, 0.25) is 0 Å². The van der Waals surface area contributed by atoms with Gasteiger partial charge >= 0.3 is 0 Å². The molecule has 114 valence electrons. The van der Waals surface area contributed by atoms with Crippen LogP contribution in [-0.4, -0.2) is 66.4 Å². The van der Waals surface area contributed by atoms with Crippen molar-refractivity contribution < 1.29 is 18.9 Å². The molecule has 0 bridgehead atoms. The molecule has 0 atom stereocenters. The summed E-state index contributed by atoms with van der Waals surface area (Å²) >= 11 is 0. The maximum Gasteiger partial charge on any atom is 0.0701 e. The minimum atomic E-state index is 0.637. The lowest BCUT2D eigenvalue weighted by Crippen LogP contribution is -2.22. The van der Waals surface area contributed by atoms with Gasteiger partial charge in [0, 0.05) is 26.9 Å². The van der Waals surface area contributed by atoms with Crippen LogP contribution in [-0.2, 0) is 18.9 Å². The Morgan fingerprint density at radius 1 is 0.842 bits per heavy atom. The molecule has 0 aromatic carbocycles. The minimum absolute atomic E-state index is 0.637. The number of methoxy groups -OCH3 is 1. The molecule has 19 heavy (non-hydrogen) atoms. The molecule has 0 unspecified atom stereocenters. The second kappa shape index (κ2) is 12.8. The molecule has 1 aliphatic carbocycles. The Hall–Kier alpha value is -0.200. The Bertz CT molecular complexity index is 188. The first-order chi connectivity index (χ1) is 9.43. The van der Waals surface area contributed by atoms with Crippen molar-refractivity contribution >= 4 is 0 Å². The second-order valence-electron chi connectivity index (χ2n) is 4.84. The number of rotatable bonds is 15. The van der Waals surface area contributed by atoms with E-state index in [1.807, 2.05) is 0 Å². The van der Waals surface area contributed by atoms with Gasteiger partial charge < -0.3 is 24.3 Å². The Labute approximate surface area is 116 Å². The first-order valence-corrected chi connectivity index (χ1v) is 7.36. The van der Waals surface area contributed by atoms with Crippen LogP contribution < -0.4 is 5.32 Å². The molecule has 0 spiro atoms. The van der Waals surface area contributed by atoms with Crippen LogP contribution >= 0.6 is 0 Å². The van der Waals surface area contributed by atoms with Gasteiger partial charge in [-0.05, 0) is 31.7 Å². The molecule has 0 heterocycles. The van der Waals surface area contributed by atoms with Crippen LogP contribution in [0.2, 0.25) is 0 Å². The van der Waals surface area contributed by atoms with Crippen molar-refractivity contribution in [3.8, 4) is 0 Å². The fourth-order valence-corrected chi connectivity index (χ4v) is 1.57. The summed E-state index contributed by atoms with van der Waals surface area (Å²) in [5.41, 5.74) is 0. The predicted molar refractivity (Wildman–Crippen MR) is 74.5 cm³/mol. The molecule has 0 radical (unpaired) electrons. The third-order valence-electron chi connectivity index (χ3n) is 2.92. The lowest BCUT2D eigenvalue weighted by molar-refractivity contribution is 0.0255. The summed E-state index contributed by atoms with van der Waals surface area (Å²) in [4.78, 5) is 0. The summed E-state index contributed by atoms with van der Waals surface area (Å²) in [5.74, 6) is 0.868. The molecular formula is C14H29NO4. The van der Waals surface area contributed by atoms with E-state index < -0.39 is 0 Å². The zero-order chi connectivity index (χ0) is 13.6. The molecule has 0 amide bonds. The average molecular weight is 275 g/mol. The monoisotopic (exact) mass is 275 g/mol. The molecule has 0 aromatic rings. The molecule has 5 nitrogen and oxygen atoms in total. The maximum absolute atomic E-state index is 5.55. The van der Waals surface area contributed by atoms with Gasteiger partial charge in [0.25, 0.3) is 0 Å². The van der Waals surface area contributed by atoms with E-state index in [-0.39, 0.29) is 0 Å². The third kappa shape index (κ3) is 12.6. The predicted octanol–water partition coefficient (Wildman–Crippen LogP) is 1.07. The molecule has 1 fully saturated rings. The lowest BCUT2D eigenvalue weighted by Gasteiger charge is -2.07. The average Bonchev–Trinajstić information content (AvgIpc) is 3.23. The Morgan fingerprint density at radius 3 is 2.32 bits per heavy atom. The van der Waals surface area contributed by atoms with Gasteiger partial charge in [0.05, 0.1) is 33.0 Å². The van der Waals surface area contributed by atoms with E-state index in [1.165, 1.54) is 12.8 Å². The highest BCUT2D eigenvalue weighted by Gasteiger charge is 2.20. The molecule has 1 rings (SSSR count). The third-order valence-corrected chi connectivity index (χ3v) is 2.92. The van der Waals surface area contributed by atoms with Gasteiger partial charge in [0.15, 0.2) is 0 Å². The fraction of sp³-hybridized carbons (Fsp3) is 1.00. The molecule has 5 heteroatoms. The van der Waals surface area contributed by atoms with Gasteiger partial charge in [-0.2, -0.15) is 0 Å². The number of hydrogen-bond acceptors (Lipinski definition) is 5. The van der Waals surface area contributed by atoms with E-state index in [4.69, 9.17) is 18.9 Å². The normalized spacial score (nSPS) is 15.0. The van der Waals surface area contributed by atoms with Gasteiger partial charge in [0.1, 0.15) is 0 Å². The number of nitrogens with one attached hydrogen (secondary N) is 1. The van der Waals surface area contributed by atoms with E-state index in [0.717, 1.165) is 45.2 Å². The van der Waals surface area contributed by atoms with Gasteiger partial charge in [-0.1, -0.05) is 0 Å². The van der Waals surface area contributed by atoms with E-state index in [0.29, 0.717) is 26.4 Å². The molecule has 1 N–H and O–H groups in total. The van der Waals surface area contributed by atoms with E-state index in [2.05, 4.69) is 5.32 Å². The summed E-state index contributed by atoms with van der Waals surface area (Å²) in [5, 5.41) is 3.33. The maximum atomic E-state index is 5.55. The van der Waals surface area contributed by atoms with Crippen molar-refractivity contribution in [2.24, 2.45) is 5.92 Å². The highest BCUT2D eigenvalue weighted by molar-refractivity contribution is 4.71. The zero-order valence-electron chi connectivity index (χ0n) is 12.2. The van der Waals surface area contributed by atoms with Crippen LogP contribution in [0.15, 0.2) is 0 Å². The van der Waals surface area contributed by atoms with Gasteiger partial charge in [-0.15, -0.1) is 0 Å². The summed E-state index contributed by atoms with van der Waals surface area (Å²) < 4.78 is 21.1. The summed E-state index contributed by atoms with van der Waals surface area (Å²) in [6, 6.07) is 0. The first-order valence-electron chi connectivity index (χ1n) is 7.36. The zero-order valence-corrected chi connectivity index (χ0v) is 12.2. The van der Waals surface area contributed by atoms with Crippen molar-refractivity contribution in [2.75, 3.05) is 66.4 Å². The minimum Gasteiger partial charge on any atom is -0.382 e. The van der Waals surface area contributed by atoms with Gasteiger partial charge in [-0.3, -0.25) is 0 Å². The Kier molecular flexibility index (Phi) is 11.4. The van der Waals surface area contributed by atoms with Crippen LogP contribution in [0.3, 0.4) is 0 Å². The molecule has 1 saturated carbocycles. The van der Waals surface area contributed by atoms with Crippen LogP contribution in [0.4, 0.5) is 0 Å². The van der Waals surface area contributed by atoms with Crippen LogP contribution in [0.1, 0.15) is 19.3 Å². The van der Waals surface area contributed by atoms with Crippen molar-refractivity contribution in [1.82, 2.24) is 5.32 Å². The summed E-state index contributed by atoms with van der Waals surface area (Å²) in [6.45, 7) is 7.02. The number of hydrogen-bond donors (Lipinski definition) is 1. The van der Waals surface area contributed by atoms with E-state index >= 15 is 0 Å². The second-order valence-corrected chi connectivity index (χ2v) is 4.84. The Balaban J connectivity index is 1.60. The smallest absolute Gasteiger partial charge is 0.0701 e. The molecule has 0 aliphatic heterocycles. The highest BCUT2D eigenvalue weighted by atomic mass is 16.5. The van der Waals surface area contributed by atoms with Crippen molar-refractivity contribution in [1.29, 1.82) is 0 Å². The quantitative estimate of drug-likeness (QED) is 0.453. The van der Waals surface area contributed by atoms with Crippen LogP contribution in [0.5, 0.6) is 0 Å². The molecule has 0 aromatic heterocycles. The van der Waals surface area contributed by atoms with E-state index in [1.54, 1.807) is 7.11 Å². The van der Waals surface area contributed by atoms with Crippen molar-refractivity contribution in [3.63, 3.8) is 0 Å². The van der Waals surface area contributed by atoms with Crippen molar-refractivity contribution in [2.45, 2.75) is 19.3 Å². The summed E-state index contributed by atoms with van der Waals surface area (Å²) in [7, 11) is 1.67. The largest absolute Gasteiger partial charge is 0.382 e. The first kappa shape index (κ1) is 16.9. The topological polar surface area (TPSA) is 49.0 Å². The number of ether oxygens (including phenoxy) is 4. The molecule has 0 saturated heterocycles. The van der Waals surface area contributed by atoms with Crippen LogP contribution in [0, 0.1) is 5.92 Å². The Morgan fingerprint density at radius 2 is 1.58 bits per heavy atom. The standard InChI is InChI=1S/C14H29NO4/c1-16-9-10-18-12-11-17-8-6-15-5-2-7-19-13-14-3-4-14/h14-15H,2-13H2,1H3. The lowest BCUT2D eigenvalue weighted by atomic mass is 10.4.